The topological polar surface area (TPSA) is 126 Å². The normalized spacial score (nSPS) is 16.9. The van der Waals surface area contributed by atoms with E-state index in [0.29, 0.717) is 42.1 Å². The molecule has 0 saturated carbocycles. The maximum Gasteiger partial charge on any atom is 0.338 e. The number of carbonyl (C=O) groups is 1. The van der Waals surface area contributed by atoms with E-state index in [1.165, 1.54) is 30.9 Å². The summed E-state index contributed by atoms with van der Waals surface area (Å²) in [5.41, 5.74) is 2.17. The lowest BCUT2D eigenvalue weighted by Gasteiger charge is -2.30. The number of nitro groups is 1. The first-order chi connectivity index (χ1) is 20.7. The van der Waals surface area contributed by atoms with Crippen molar-refractivity contribution in [1.29, 1.82) is 0 Å². The fourth-order valence-corrected chi connectivity index (χ4v) is 7.08. The summed E-state index contributed by atoms with van der Waals surface area (Å²) in [4.78, 5) is 46.0. The molecule has 0 bridgehead atoms. The molecule has 0 N–H and O–H groups in total. The van der Waals surface area contributed by atoms with Crippen LogP contribution in [-0.4, -0.2) is 49.4 Å². The Bertz CT molecular complexity index is 1810. The van der Waals surface area contributed by atoms with Crippen LogP contribution in [0, 0.1) is 10.1 Å². The van der Waals surface area contributed by atoms with Crippen molar-refractivity contribution in [1.82, 2.24) is 4.57 Å². The van der Waals surface area contributed by atoms with Crippen LogP contribution in [-0.2, 0) is 9.53 Å². The molecule has 2 aliphatic rings. The molecule has 1 aromatic heterocycles. The second-order valence-electron chi connectivity index (χ2n) is 10.1. The number of nitro benzene ring substituents is 1. The summed E-state index contributed by atoms with van der Waals surface area (Å²) < 4.78 is 18.8. The van der Waals surface area contributed by atoms with Crippen LogP contribution in [0.1, 0.15) is 50.3 Å². The van der Waals surface area contributed by atoms with Gasteiger partial charge >= 0.3 is 5.97 Å². The highest BCUT2D eigenvalue weighted by Crippen LogP contribution is 2.41. The molecule has 5 rings (SSSR count). The van der Waals surface area contributed by atoms with Gasteiger partial charge in [-0.15, -0.1) is 0 Å². The molecule has 13 heteroatoms. The van der Waals surface area contributed by atoms with Crippen LogP contribution in [0.2, 0.25) is 0 Å². The number of benzene rings is 2. The van der Waals surface area contributed by atoms with Crippen molar-refractivity contribution in [3.8, 4) is 11.5 Å². The Morgan fingerprint density at radius 2 is 1.86 bits per heavy atom. The Balaban J connectivity index is 1.76. The maximum atomic E-state index is 14.2. The molecule has 1 fully saturated rings. The average molecular weight is 672 g/mol. The largest absolute Gasteiger partial charge is 0.493 e. The highest BCUT2D eigenvalue weighted by atomic mass is 79.9. The van der Waals surface area contributed by atoms with Gasteiger partial charge in [-0.05, 0) is 62.9 Å². The molecule has 2 aromatic carbocycles. The average Bonchev–Trinajstić information content (AvgIpc) is 3.30. The molecular weight excluding hydrogens is 640 g/mol. The number of halogens is 1. The van der Waals surface area contributed by atoms with Gasteiger partial charge < -0.3 is 19.1 Å². The van der Waals surface area contributed by atoms with Gasteiger partial charge in [-0.3, -0.25) is 19.5 Å². The van der Waals surface area contributed by atoms with Crippen molar-refractivity contribution < 1.29 is 23.9 Å². The van der Waals surface area contributed by atoms with Crippen LogP contribution in [0.5, 0.6) is 11.5 Å². The Morgan fingerprint density at radius 1 is 1.16 bits per heavy atom. The quantitative estimate of drug-likeness (QED) is 0.195. The van der Waals surface area contributed by atoms with E-state index < -0.39 is 16.9 Å². The molecule has 1 atom stereocenters. The lowest BCUT2D eigenvalue weighted by atomic mass is 9.95. The van der Waals surface area contributed by atoms with Crippen molar-refractivity contribution >= 4 is 50.7 Å². The highest BCUT2D eigenvalue weighted by Gasteiger charge is 2.35. The fraction of sp³-hybridized carbons (Fsp3) is 0.367. The number of thiazole rings is 1. The Morgan fingerprint density at radius 3 is 2.51 bits per heavy atom. The van der Waals surface area contributed by atoms with Crippen LogP contribution in [0.3, 0.4) is 0 Å². The smallest absolute Gasteiger partial charge is 0.338 e. The number of ether oxygens (including phenoxy) is 3. The maximum absolute atomic E-state index is 14.2. The van der Waals surface area contributed by atoms with Crippen molar-refractivity contribution in [3.63, 3.8) is 0 Å². The third-order valence-electron chi connectivity index (χ3n) is 7.52. The molecule has 0 spiro atoms. The van der Waals surface area contributed by atoms with Crippen LogP contribution in [0.25, 0.3) is 6.08 Å². The summed E-state index contributed by atoms with van der Waals surface area (Å²) in [6, 6.07) is 7.29. The molecule has 0 unspecified atom stereocenters. The van der Waals surface area contributed by atoms with Gasteiger partial charge in [0, 0.05) is 40.9 Å². The molecule has 3 heterocycles. The third kappa shape index (κ3) is 5.83. The monoisotopic (exact) mass is 670 g/mol. The Labute approximate surface area is 260 Å². The first kappa shape index (κ1) is 30.5. The molecule has 2 aliphatic heterocycles. The molecule has 11 nitrogen and oxygen atoms in total. The summed E-state index contributed by atoms with van der Waals surface area (Å²) in [6.07, 6.45) is 4.86. The lowest BCUT2D eigenvalue weighted by Crippen LogP contribution is -2.40. The molecule has 0 radical (unpaired) electrons. The molecule has 1 saturated heterocycles. The SMILES string of the molecule is CCOC(=O)C1=C(C)N=c2s/c(=C/c3cc([N+](=O)[O-])ccc3N3CCCCC3)c(=O)n2[C@H]1c1cc(OC)c(OC)cc1Br. The zero-order valence-electron chi connectivity index (χ0n) is 24.2. The van der Waals surface area contributed by atoms with Crippen molar-refractivity contribution in [2.24, 2.45) is 4.99 Å². The number of esters is 1. The number of rotatable bonds is 8. The minimum Gasteiger partial charge on any atom is -0.493 e. The van der Waals surface area contributed by atoms with Crippen molar-refractivity contribution in [2.45, 2.75) is 39.2 Å². The number of hydrogen-bond acceptors (Lipinski definition) is 10. The second kappa shape index (κ2) is 12.7. The third-order valence-corrected chi connectivity index (χ3v) is 9.19. The van der Waals surface area contributed by atoms with Gasteiger partial charge in [-0.1, -0.05) is 27.3 Å². The first-order valence-electron chi connectivity index (χ1n) is 13.8. The number of nitrogens with zero attached hydrogens (tertiary/aromatic N) is 4. The van der Waals surface area contributed by atoms with E-state index in [-0.39, 0.29) is 23.4 Å². The molecular formula is C30H31BrN4O7S. The van der Waals surface area contributed by atoms with E-state index >= 15 is 0 Å². The number of hydrogen-bond donors (Lipinski definition) is 0. The number of anilines is 1. The fourth-order valence-electron chi connectivity index (χ4n) is 5.50. The van der Waals surface area contributed by atoms with Gasteiger partial charge in [0.15, 0.2) is 16.3 Å². The van der Waals surface area contributed by atoms with Gasteiger partial charge in [-0.2, -0.15) is 0 Å². The van der Waals surface area contributed by atoms with Crippen LogP contribution in [0.15, 0.2) is 55.9 Å². The van der Waals surface area contributed by atoms with Gasteiger partial charge in [0.05, 0.1) is 47.6 Å². The zero-order valence-corrected chi connectivity index (χ0v) is 26.6. The second-order valence-corrected chi connectivity index (χ2v) is 11.9. The number of piperidine rings is 1. The molecule has 226 valence electrons. The van der Waals surface area contributed by atoms with Crippen LogP contribution in [0.4, 0.5) is 11.4 Å². The van der Waals surface area contributed by atoms with Gasteiger partial charge in [0.1, 0.15) is 0 Å². The molecule has 3 aromatic rings. The predicted molar refractivity (Wildman–Crippen MR) is 167 cm³/mol. The van der Waals surface area contributed by atoms with E-state index in [9.17, 15) is 19.7 Å². The zero-order chi connectivity index (χ0) is 30.8. The van der Waals surface area contributed by atoms with Crippen molar-refractivity contribution in [2.75, 3.05) is 38.8 Å². The summed E-state index contributed by atoms with van der Waals surface area (Å²) in [5.74, 6) is 0.305. The van der Waals surface area contributed by atoms with Gasteiger partial charge in [0.2, 0.25) is 0 Å². The summed E-state index contributed by atoms with van der Waals surface area (Å²) in [6.45, 7) is 5.22. The van der Waals surface area contributed by atoms with Crippen molar-refractivity contribution in [3.05, 3.63) is 87.0 Å². The highest BCUT2D eigenvalue weighted by molar-refractivity contribution is 9.10. The Kier molecular flexibility index (Phi) is 9.02. The Hall–Kier alpha value is -3.97. The van der Waals surface area contributed by atoms with E-state index in [0.717, 1.165) is 49.4 Å². The first-order valence-corrected chi connectivity index (χ1v) is 15.4. The number of fused-ring (bicyclic) bond motifs is 1. The van der Waals surface area contributed by atoms with E-state index in [2.05, 4.69) is 25.8 Å². The van der Waals surface area contributed by atoms with Gasteiger partial charge in [0.25, 0.3) is 11.2 Å². The number of carbonyl (C=O) groups excluding carboxylic acids is 1. The minimum atomic E-state index is -0.890. The van der Waals surface area contributed by atoms with Crippen LogP contribution >= 0.6 is 27.3 Å². The molecule has 0 amide bonds. The van der Waals surface area contributed by atoms with E-state index in [4.69, 9.17) is 14.2 Å². The number of methoxy groups -OCH3 is 2. The predicted octanol–water partition coefficient (Wildman–Crippen LogP) is 4.48. The molecule has 43 heavy (non-hydrogen) atoms. The van der Waals surface area contributed by atoms with Crippen LogP contribution < -0.4 is 29.3 Å². The summed E-state index contributed by atoms with van der Waals surface area (Å²) >= 11 is 4.77. The number of allylic oxidation sites excluding steroid dienone is 1. The van der Waals surface area contributed by atoms with E-state index in [1.54, 1.807) is 38.1 Å². The minimum absolute atomic E-state index is 0.0626. The number of aromatic nitrogens is 1. The summed E-state index contributed by atoms with van der Waals surface area (Å²) in [7, 11) is 3.03. The van der Waals surface area contributed by atoms with Gasteiger partial charge in [-0.25, -0.2) is 9.79 Å². The number of non-ortho nitro benzene ring substituents is 1. The summed E-state index contributed by atoms with van der Waals surface area (Å²) in [5, 5.41) is 11.7. The lowest BCUT2D eigenvalue weighted by molar-refractivity contribution is -0.384. The molecule has 0 aliphatic carbocycles. The standard InChI is InChI=1S/C30H31BrN4O7S/c1-5-42-29(37)26-17(2)32-30-34(27(26)20-15-23(40-3)24(41-4)16-21(20)31)28(36)25(43-30)14-18-13-19(35(38)39)9-10-22(18)33-11-7-6-8-12-33/h9-10,13-16,27H,5-8,11-12H2,1-4H3/b25-14+/t27-/m0/s1. The van der Waals surface area contributed by atoms with E-state index in [1.807, 2.05) is 0 Å².